The number of carbonyl (C=O) groups is 2. The maximum atomic E-state index is 12.8. The van der Waals surface area contributed by atoms with Crippen molar-refractivity contribution in [3.63, 3.8) is 0 Å². The molecule has 0 bridgehead atoms. The molecule has 0 saturated carbocycles. The fourth-order valence-electron chi connectivity index (χ4n) is 4.07. The van der Waals surface area contributed by atoms with Crippen LogP contribution in [-0.4, -0.2) is 40.9 Å². The highest BCUT2D eigenvalue weighted by Crippen LogP contribution is 2.20. The number of anilines is 1. The van der Waals surface area contributed by atoms with Crippen molar-refractivity contribution in [2.45, 2.75) is 39.3 Å². The van der Waals surface area contributed by atoms with Crippen molar-refractivity contribution in [3.8, 4) is 11.3 Å². The van der Waals surface area contributed by atoms with Gasteiger partial charge in [-0.25, -0.2) is 9.97 Å². The Hall–Kier alpha value is -3.78. The van der Waals surface area contributed by atoms with Crippen molar-refractivity contribution in [2.75, 3.05) is 18.8 Å². The first-order chi connectivity index (χ1) is 16.4. The fraction of sp³-hybridized carbons (Fsp3) is 0.308. The highest BCUT2D eigenvalue weighted by atomic mass is 16.2. The van der Waals surface area contributed by atoms with Gasteiger partial charge in [0.2, 0.25) is 0 Å². The SMILES string of the molecule is Cc1ccc(CNC(=O)c2cccc(-c3cnc(N)c(C(=O)N[C@H]4CCCNC4)n3)c2)c(C)c1. The molecular weight excluding hydrogens is 428 g/mol. The predicted molar refractivity (Wildman–Crippen MR) is 132 cm³/mol. The molecule has 34 heavy (non-hydrogen) atoms. The van der Waals surface area contributed by atoms with Crippen LogP contribution in [0.25, 0.3) is 11.3 Å². The zero-order valence-corrected chi connectivity index (χ0v) is 19.5. The Morgan fingerprint density at radius 2 is 2.00 bits per heavy atom. The molecule has 5 N–H and O–H groups in total. The van der Waals surface area contributed by atoms with Gasteiger partial charge in [-0.3, -0.25) is 9.59 Å². The van der Waals surface area contributed by atoms with Gasteiger partial charge >= 0.3 is 0 Å². The van der Waals surface area contributed by atoms with Crippen molar-refractivity contribution < 1.29 is 9.59 Å². The van der Waals surface area contributed by atoms with E-state index in [9.17, 15) is 9.59 Å². The summed E-state index contributed by atoms with van der Waals surface area (Å²) in [6, 6.07) is 13.3. The third kappa shape index (κ3) is 5.58. The molecule has 8 nitrogen and oxygen atoms in total. The van der Waals surface area contributed by atoms with E-state index < -0.39 is 0 Å². The van der Waals surface area contributed by atoms with Crippen LogP contribution in [0, 0.1) is 13.8 Å². The summed E-state index contributed by atoms with van der Waals surface area (Å²) in [7, 11) is 0. The number of aromatic nitrogens is 2. The van der Waals surface area contributed by atoms with Gasteiger partial charge in [0.1, 0.15) is 0 Å². The van der Waals surface area contributed by atoms with Gasteiger partial charge in [0.15, 0.2) is 11.5 Å². The second-order valence-corrected chi connectivity index (χ2v) is 8.70. The predicted octanol–water partition coefficient (Wildman–Crippen LogP) is 2.75. The van der Waals surface area contributed by atoms with Gasteiger partial charge in [0, 0.05) is 30.3 Å². The average molecular weight is 459 g/mol. The van der Waals surface area contributed by atoms with E-state index >= 15 is 0 Å². The van der Waals surface area contributed by atoms with Crippen LogP contribution in [0.1, 0.15) is 50.4 Å². The maximum Gasteiger partial charge on any atom is 0.274 e. The molecule has 2 amide bonds. The van der Waals surface area contributed by atoms with Crippen LogP contribution >= 0.6 is 0 Å². The largest absolute Gasteiger partial charge is 0.382 e. The lowest BCUT2D eigenvalue weighted by atomic mass is 10.1. The summed E-state index contributed by atoms with van der Waals surface area (Å²) in [5, 5.41) is 9.22. The first kappa shape index (κ1) is 23.4. The van der Waals surface area contributed by atoms with Gasteiger partial charge in [-0.15, -0.1) is 0 Å². The lowest BCUT2D eigenvalue weighted by Crippen LogP contribution is -2.46. The quantitative estimate of drug-likeness (QED) is 0.451. The summed E-state index contributed by atoms with van der Waals surface area (Å²) in [5.41, 5.74) is 11.1. The Bertz CT molecular complexity index is 1200. The van der Waals surface area contributed by atoms with Gasteiger partial charge in [-0.1, -0.05) is 35.9 Å². The molecule has 4 rings (SSSR count). The van der Waals surface area contributed by atoms with Crippen molar-refractivity contribution in [2.24, 2.45) is 0 Å². The number of rotatable bonds is 6. The van der Waals surface area contributed by atoms with E-state index in [1.165, 1.54) is 11.8 Å². The van der Waals surface area contributed by atoms with E-state index in [0.29, 0.717) is 23.4 Å². The number of hydrogen-bond acceptors (Lipinski definition) is 6. The number of benzene rings is 2. The first-order valence-corrected chi connectivity index (χ1v) is 11.5. The number of nitrogens with one attached hydrogen (secondary N) is 3. The van der Waals surface area contributed by atoms with Crippen molar-refractivity contribution in [1.29, 1.82) is 0 Å². The number of nitrogen functional groups attached to an aromatic ring is 1. The summed E-state index contributed by atoms with van der Waals surface area (Å²) in [5.74, 6) is -0.455. The van der Waals surface area contributed by atoms with Crippen LogP contribution in [-0.2, 0) is 6.54 Å². The minimum Gasteiger partial charge on any atom is -0.382 e. The third-order valence-electron chi connectivity index (χ3n) is 6.01. The Labute approximate surface area is 199 Å². The van der Waals surface area contributed by atoms with Crippen LogP contribution in [0.15, 0.2) is 48.7 Å². The molecule has 1 aromatic heterocycles. The molecule has 2 heterocycles. The van der Waals surface area contributed by atoms with Crippen molar-refractivity contribution in [3.05, 3.63) is 76.6 Å². The highest BCUT2D eigenvalue weighted by Gasteiger charge is 2.20. The van der Waals surface area contributed by atoms with E-state index in [4.69, 9.17) is 5.73 Å². The zero-order valence-electron chi connectivity index (χ0n) is 19.5. The second-order valence-electron chi connectivity index (χ2n) is 8.70. The molecule has 8 heteroatoms. The Kier molecular flexibility index (Phi) is 7.18. The number of hydrogen-bond donors (Lipinski definition) is 4. The van der Waals surface area contributed by atoms with Crippen LogP contribution in [0.4, 0.5) is 5.82 Å². The number of nitrogens with zero attached hydrogens (tertiary/aromatic N) is 2. The molecule has 1 fully saturated rings. The minimum atomic E-state index is -0.345. The van der Waals surface area contributed by atoms with Crippen molar-refractivity contribution in [1.82, 2.24) is 25.9 Å². The Balaban J connectivity index is 1.48. The number of nitrogens with two attached hydrogens (primary N) is 1. The topological polar surface area (TPSA) is 122 Å². The number of amides is 2. The minimum absolute atomic E-state index is 0.0373. The molecule has 0 unspecified atom stereocenters. The van der Waals surface area contributed by atoms with E-state index in [1.807, 2.05) is 32.0 Å². The van der Waals surface area contributed by atoms with Crippen LogP contribution < -0.4 is 21.7 Å². The average Bonchev–Trinajstić information content (AvgIpc) is 2.84. The zero-order chi connectivity index (χ0) is 24.1. The molecule has 3 aromatic rings. The van der Waals surface area contributed by atoms with Crippen molar-refractivity contribution >= 4 is 17.6 Å². The number of aryl methyl sites for hydroxylation is 2. The summed E-state index contributed by atoms with van der Waals surface area (Å²) >= 11 is 0. The molecule has 176 valence electrons. The summed E-state index contributed by atoms with van der Waals surface area (Å²) in [4.78, 5) is 34.2. The number of carbonyl (C=O) groups excluding carboxylic acids is 2. The lowest BCUT2D eigenvalue weighted by molar-refractivity contribution is 0.0923. The smallest absolute Gasteiger partial charge is 0.274 e. The molecule has 0 spiro atoms. The lowest BCUT2D eigenvalue weighted by Gasteiger charge is -2.23. The number of piperidine rings is 1. The molecule has 1 aliphatic rings. The molecular formula is C26H30N6O2. The van der Waals surface area contributed by atoms with E-state index in [1.54, 1.807) is 18.2 Å². The maximum absolute atomic E-state index is 12.8. The normalized spacial score (nSPS) is 15.5. The van der Waals surface area contributed by atoms with E-state index in [0.717, 1.165) is 37.1 Å². The Morgan fingerprint density at radius 3 is 2.76 bits per heavy atom. The molecule has 1 aliphatic heterocycles. The molecule has 1 atom stereocenters. The summed E-state index contributed by atoms with van der Waals surface area (Å²) in [6.45, 7) is 6.20. The molecule has 0 aliphatic carbocycles. The standard InChI is InChI=1S/C26H30N6O2/c1-16-8-9-20(17(2)11-16)13-30-25(33)19-6-3-5-18(12-19)22-15-29-24(27)23(32-22)26(34)31-21-7-4-10-28-14-21/h3,5-6,8-9,11-12,15,21,28H,4,7,10,13-14H2,1-2H3,(H2,27,29)(H,30,33)(H,31,34)/t21-/m0/s1. The van der Waals surface area contributed by atoms with Gasteiger partial charge in [-0.05, 0) is 56.5 Å². The van der Waals surface area contributed by atoms with Gasteiger partial charge in [0.25, 0.3) is 11.8 Å². The molecule has 1 saturated heterocycles. The van der Waals surface area contributed by atoms with Gasteiger partial charge in [-0.2, -0.15) is 0 Å². The van der Waals surface area contributed by atoms with Crippen LogP contribution in [0.3, 0.4) is 0 Å². The molecule has 0 radical (unpaired) electrons. The summed E-state index contributed by atoms with van der Waals surface area (Å²) < 4.78 is 0. The van der Waals surface area contributed by atoms with Crippen LogP contribution in [0.2, 0.25) is 0 Å². The van der Waals surface area contributed by atoms with E-state index in [-0.39, 0.29) is 29.4 Å². The second kappa shape index (κ2) is 10.4. The summed E-state index contributed by atoms with van der Waals surface area (Å²) in [6.07, 6.45) is 3.43. The highest BCUT2D eigenvalue weighted by molar-refractivity contribution is 5.97. The fourth-order valence-corrected chi connectivity index (χ4v) is 4.07. The molecule has 2 aromatic carbocycles. The van der Waals surface area contributed by atoms with Gasteiger partial charge in [0.05, 0.1) is 11.9 Å². The Morgan fingerprint density at radius 1 is 1.15 bits per heavy atom. The van der Waals surface area contributed by atoms with E-state index in [2.05, 4.69) is 32.0 Å². The van der Waals surface area contributed by atoms with Crippen LogP contribution in [0.5, 0.6) is 0 Å². The van der Waals surface area contributed by atoms with Gasteiger partial charge < -0.3 is 21.7 Å². The monoisotopic (exact) mass is 458 g/mol. The third-order valence-corrected chi connectivity index (χ3v) is 6.01. The first-order valence-electron chi connectivity index (χ1n) is 11.5.